The number of aryl methyl sites for hydroxylation is 6. The third-order valence-electron chi connectivity index (χ3n) is 11.5. The molecule has 0 aliphatic carbocycles. The summed E-state index contributed by atoms with van der Waals surface area (Å²) in [6, 6.07) is 16.7. The number of nitrogens with one attached hydrogen (secondary N) is 3. The maximum atomic E-state index is 12.6. The second kappa shape index (κ2) is 28.7. The first-order valence-electron chi connectivity index (χ1n) is 24.7. The van der Waals surface area contributed by atoms with E-state index in [1.165, 1.54) is 17.7 Å². The Balaban J connectivity index is 0.000000170. The van der Waals surface area contributed by atoms with Crippen molar-refractivity contribution in [2.45, 2.75) is 53.9 Å². The van der Waals surface area contributed by atoms with Crippen LogP contribution in [0.3, 0.4) is 0 Å². The third kappa shape index (κ3) is 19.4. The summed E-state index contributed by atoms with van der Waals surface area (Å²) in [7, 11) is 0. The van der Waals surface area contributed by atoms with E-state index in [9.17, 15) is 26.3 Å². The smallest absolute Gasteiger partial charge is 0.384 e. The average molecular weight is 1160 g/mol. The number of anilines is 5. The number of halogens is 6. The predicted molar refractivity (Wildman–Crippen MR) is 311 cm³/mol. The largest absolute Gasteiger partial charge is 0.417 e. The van der Waals surface area contributed by atoms with Crippen molar-refractivity contribution in [3.8, 4) is 0 Å². The van der Waals surface area contributed by atoms with Gasteiger partial charge in [-0.05, 0) is 156 Å². The van der Waals surface area contributed by atoms with E-state index >= 15 is 0 Å². The minimum Gasteiger partial charge on any atom is -0.384 e. The molecule has 8 aromatic heterocycles. The Hall–Kier alpha value is -8.01. The number of hydrogen-bond acceptors (Lipinski definition) is 15. The van der Waals surface area contributed by atoms with Crippen molar-refractivity contribution in [2.24, 2.45) is 0 Å². The van der Waals surface area contributed by atoms with Crippen LogP contribution in [-0.2, 0) is 12.4 Å². The van der Waals surface area contributed by atoms with E-state index in [-0.39, 0.29) is 0 Å². The van der Waals surface area contributed by atoms with E-state index in [1.807, 2.05) is 92.6 Å². The number of thiocarbonyl (C=S) groups is 3. The zero-order valence-electron chi connectivity index (χ0n) is 44.6. The quantitative estimate of drug-likeness (QED) is 0.0963. The van der Waals surface area contributed by atoms with Crippen molar-refractivity contribution < 1.29 is 26.3 Å². The lowest BCUT2D eigenvalue weighted by atomic mass is 10.2. The zero-order valence-corrected chi connectivity index (χ0v) is 47.1. The molecular formula is C53H60F6N18S3. The minimum absolute atomic E-state index is 0.539. The summed E-state index contributed by atoms with van der Waals surface area (Å²) in [6.45, 7) is 17.6. The molecule has 2 aliphatic heterocycles. The molecular weight excluding hydrogens is 1100 g/mol. The van der Waals surface area contributed by atoms with Gasteiger partial charge in [-0.15, -0.1) is 0 Å². The van der Waals surface area contributed by atoms with E-state index in [0.29, 0.717) is 64.8 Å². The maximum Gasteiger partial charge on any atom is 0.417 e. The summed E-state index contributed by atoms with van der Waals surface area (Å²) in [5, 5.41) is 11.2. The number of nitrogen functional groups attached to an aromatic ring is 1. The van der Waals surface area contributed by atoms with Gasteiger partial charge in [-0.25, -0.2) is 39.9 Å². The molecule has 80 heavy (non-hydrogen) atoms. The van der Waals surface area contributed by atoms with Crippen LogP contribution in [-0.4, -0.2) is 126 Å². The number of piperazine rings is 2. The molecule has 2 saturated heterocycles. The Morgan fingerprint density at radius 1 is 0.525 bits per heavy atom. The SMILES string of the molecule is Cc1cc(C)nc(N)c1.Cc1cc(C)nc(NC(=S)N2CCN(c3ccc(C(F)(F)F)cn3)CC2)c1.Cc1cc(C)nc(NC(=S)n2ccnc2)c1.FC(F)(F)c1ccc(N2CCNCC2)nc1.S=C(n1ccnc1)n1ccnc1. The molecule has 0 atom stereocenters. The van der Waals surface area contributed by atoms with Crippen molar-refractivity contribution in [2.75, 3.05) is 78.5 Å². The first kappa shape index (κ1) is 61.2. The summed E-state index contributed by atoms with van der Waals surface area (Å²) in [5.74, 6) is 3.22. The van der Waals surface area contributed by atoms with Gasteiger partial charge in [-0.2, -0.15) is 26.3 Å². The zero-order chi connectivity index (χ0) is 58.0. The Bertz CT molecular complexity index is 3090. The molecule has 0 saturated carbocycles. The molecule has 8 aromatic rings. The van der Waals surface area contributed by atoms with Gasteiger partial charge in [0.2, 0.25) is 0 Å². The number of hydrogen-bond donors (Lipinski definition) is 4. The van der Waals surface area contributed by atoms with Gasteiger partial charge in [0, 0.05) is 119 Å². The van der Waals surface area contributed by atoms with Gasteiger partial charge in [0.15, 0.2) is 15.3 Å². The molecule has 27 heteroatoms. The minimum atomic E-state index is -4.37. The van der Waals surface area contributed by atoms with Crippen LogP contribution >= 0.6 is 36.7 Å². The summed E-state index contributed by atoms with van der Waals surface area (Å²) in [6.07, 6.45) is 8.47. The number of pyridine rings is 5. The van der Waals surface area contributed by atoms with Crippen LogP contribution in [0.25, 0.3) is 0 Å². The molecule has 0 amide bonds. The topological polar surface area (TPSA) is 190 Å². The Kier molecular flexibility index (Phi) is 22.0. The first-order chi connectivity index (χ1) is 38.0. The molecule has 10 rings (SSSR count). The molecule has 0 bridgehead atoms. The molecule has 18 nitrogen and oxygen atoms in total. The van der Waals surface area contributed by atoms with Crippen molar-refractivity contribution in [1.29, 1.82) is 0 Å². The summed E-state index contributed by atoms with van der Waals surface area (Å²) < 4.78 is 80.1. The van der Waals surface area contributed by atoms with Crippen LogP contribution in [0, 0.1) is 41.5 Å². The lowest BCUT2D eigenvalue weighted by Crippen LogP contribution is -2.50. The Labute approximate surface area is 475 Å². The average Bonchev–Trinajstić information content (AvgIpc) is 4.26. The number of rotatable bonds is 4. The molecule has 0 aromatic carbocycles. The maximum absolute atomic E-state index is 12.6. The fourth-order valence-corrected chi connectivity index (χ4v) is 8.53. The molecule has 2 fully saturated rings. The van der Waals surface area contributed by atoms with Crippen LogP contribution in [0.5, 0.6) is 0 Å². The van der Waals surface area contributed by atoms with Crippen LogP contribution in [0.15, 0.2) is 129 Å². The molecule has 10 heterocycles. The van der Waals surface area contributed by atoms with Crippen molar-refractivity contribution in [3.63, 3.8) is 0 Å². The Morgan fingerprint density at radius 2 is 0.938 bits per heavy atom. The van der Waals surface area contributed by atoms with Gasteiger partial charge >= 0.3 is 12.4 Å². The van der Waals surface area contributed by atoms with Crippen molar-refractivity contribution in [3.05, 3.63) is 174 Å². The van der Waals surface area contributed by atoms with E-state index in [1.54, 1.807) is 69.9 Å². The number of imidazole rings is 3. The fourth-order valence-electron chi connectivity index (χ4n) is 7.82. The summed E-state index contributed by atoms with van der Waals surface area (Å²) in [5.41, 5.74) is 10.3. The van der Waals surface area contributed by atoms with E-state index < -0.39 is 23.5 Å². The van der Waals surface area contributed by atoms with E-state index in [2.05, 4.69) is 55.8 Å². The van der Waals surface area contributed by atoms with Gasteiger partial charge in [0.25, 0.3) is 0 Å². The first-order valence-corrected chi connectivity index (χ1v) is 26.0. The molecule has 2 aliphatic rings. The van der Waals surface area contributed by atoms with E-state index in [4.69, 9.17) is 42.4 Å². The highest BCUT2D eigenvalue weighted by Crippen LogP contribution is 2.30. The van der Waals surface area contributed by atoms with Crippen LogP contribution in [0.2, 0.25) is 0 Å². The number of nitrogens with zero attached hydrogens (tertiary/aromatic N) is 14. The van der Waals surface area contributed by atoms with Crippen molar-refractivity contribution in [1.82, 2.24) is 63.8 Å². The van der Waals surface area contributed by atoms with Crippen LogP contribution in [0.1, 0.15) is 44.9 Å². The second-order valence-electron chi connectivity index (χ2n) is 18.1. The van der Waals surface area contributed by atoms with E-state index in [0.717, 1.165) is 84.7 Å². The number of aromatic nitrogens is 11. The molecule has 0 unspecified atom stereocenters. The fraction of sp³-hybridized carbons (Fsp3) is 0.302. The number of alkyl halides is 6. The lowest BCUT2D eigenvalue weighted by molar-refractivity contribution is -0.138. The standard InChI is InChI=1S/C18H20F3N5S.C11H12N4S.C10H12F3N3.C7H6N4S.C7H10N2/c1-12-9-13(2)23-15(10-12)24-17(27)26-7-5-25(6-8-26)16-4-3-14(11-22-16)18(19,20)21;1-8-5-9(2)13-10(6-8)14-11(16)15-4-3-12-7-15;11-10(12,13)8-1-2-9(15-7-8)16-5-3-14-4-6-16;12-7(10-3-1-8-5-10)11-4-2-9-6-11;1-5-3-6(2)9-7(8)4-5/h3-4,9-11H,5-8H2,1-2H3,(H,23,24,27);3-7H,1-2H3,(H,13,14,16);1-2,7,14H,3-6H2;1-6H;3-4H,1-2H3,(H2,8,9). The monoisotopic (exact) mass is 1160 g/mol. The van der Waals surface area contributed by atoms with Crippen LogP contribution < -0.4 is 31.5 Å². The molecule has 0 radical (unpaired) electrons. The second-order valence-corrected chi connectivity index (χ2v) is 19.3. The Morgan fingerprint density at radius 3 is 1.31 bits per heavy atom. The van der Waals surface area contributed by atoms with Gasteiger partial charge in [-0.3, -0.25) is 13.7 Å². The highest BCUT2D eigenvalue weighted by atomic mass is 32.1. The van der Waals surface area contributed by atoms with Gasteiger partial charge < -0.3 is 36.4 Å². The van der Waals surface area contributed by atoms with Crippen molar-refractivity contribution >= 4 is 81.1 Å². The number of nitrogens with two attached hydrogens (primary N) is 1. The van der Waals surface area contributed by atoms with Crippen LogP contribution in [0.4, 0.5) is 55.4 Å². The highest BCUT2D eigenvalue weighted by molar-refractivity contribution is 7.80. The highest BCUT2D eigenvalue weighted by Gasteiger charge is 2.32. The summed E-state index contributed by atoms with van der Waals surface area (Å²) >= 11 is 15.8. The lowest BCUT2D eigenvalue weighted by Gasteiger charge is -2.36. The van der Waals surface area contributed by atoms with Gasteiger partial charge in [0.05, 0.1) is 11.1 Å². The summed E-state index contributed by atoms with van der Waals surface area (Å²) in [4.78, 5) is 38.3. The normalized spacial score (nSPS) is 13.2. The van der Waals surface area contributed by atoms with Gasteiger partial charge in [-0.1, -0.05) is 0 Å². The molecule has 0 spiro atoms. The van der Waals surface area contributed by atoms with Gasteiger partial charge in [0.1, 0.15) is 48.1 Å². The molecule has 5 N–H and O–H groups in total. The molecule has 422 valence electrons. The third-order valence-corrected chi connectivity index (χ3v) is 12.5. The predicted octanol–water partition coefficient (Wildman–Crippen LogP) is 9.32.